The molecule has 7 nitrogen and oxygen atoms in total. The molecule has 2 N–H and O–H groups in total. The Morgan fingerprint density at radius 3 is 2.50 bits per heavy atom. The van der Waals surface area contributed by atoms with Crippen LogP contribution in [0.2, 0.25) is 0 Å². The minimum atomic E-state index is -0.477. The molecule has 2 aromatic rings. The molecule has 1 saturated carbocycles. The maximum atomic E-state index is 12.3. The van der Waals surface area contributed by atoms with Crippen LogP contribution >= 0.6 is 0 Å². The summed E-state index contributed by atoms with van der Waals surface area (Å²) in [5, 5.41) is 17.1. The average Bonchev–Trinajstić information content (AvgIpc) is 3.39. The van der Waals surface area contributed by atoms with Crippen LogP contribution in [0.25, 0.3) is 0 Å². The van der Waals surface area contributed by atoms with Gasteiger partial charge in [0.2, 0.25) is 0 Å². The van der Waals surface area contributed by atoms with Crippen LogP contribution in [0.1, 0.15) is 23.2 Å². The first kappa shape index (κ1) is 15.8. The molecule has 1 fully saturated rings. The van der Waals surface area contributed by atoms with E-state index in [1.165, 1.54) is 6.07 Å². The number of ether oxygens (including phenoxy) is 1. The van der Waals surface area contributed by atoms with Crippen molar-refractivity contribution >= 4 is 23.0 Å². The average molecular weight is 327 g/mol. The van der Waals surface area contributed by atoms with Crippen molar-refractivity contribution in [1.29, 1.82) is 0 Å². The van der Waals surface area contributed by atoms with E-state index in [-0.39, 0.29) is 11.3 Å². The van der Waals surface area contributed by atoms with Gasteiger partial charge < -0.3 is 15.4 Å². The molecule has 0 radical (unpaired) electrons. The molecule has 0 spiro atoms. The van der Waals surface area contributed by atoms with Gasteiger partial charge in [-0.05, 0) is 49.2 Å². The zero-order chi connectivity index (χ0) is 17.1. The molecule has 3 rings (SSSR count). The molecule has 0 bridgehead atoms. The largest absolute Gasteiger partial charge is 0.497 e. The first-order chi connectivity index (χ1) is 11.6. The highest BCUT2D eigenvalue weighted by molar-refractivity contribution is 6.05. The Kier molecular flexibility index (Phi) is 4.33. The van der Waals surface area contributed by atoms with E-state index in [4.69, 9.17) is 4.74 Å². The normalized spacial score (nSPS) is 13.2. The molecule has 0 saturated heterocycles. The van der Waals surface area contributed by atoms with Crippen LogP contribution in [-0.4, -0.2) is 24.0 Å². The van der Waals surface area contributed by atoms with Crippen LogP contribution in [0, 0.1) is 10.1 Å². The molecule has 0 unspecified atom stereocenters. The fourth-order valence-electron chi connectivity index (χ4n) is 2.27. The molecule has 0 atom stereocenters. The van der Waals surface area contributed by atoms with E-state index in [1.54, 1.807) is 43.5 Å². The lowest BCUT2D eigenvalue weighted by Gasteiger charge is -2.09. The number of nitro groups is 1. The summed E-state index contributed by atoms with van der Waals surface area (Å²) in [6.07, 6.45) is 2.02. The summed E-state index contributed by atoms with van der Waals surface area (Å²) < 4.78 is 5.06. The summed E-state index contributed by atoms with van der Waals surface area (Å²) in [6.45, 7) is 0. The van der Waals surface area contributed by atoms with Gasteiger partial charge in [0.05, 0.1) is 12.0 Å². The van der Waals surface area contributed by atoms with Crippen molar-refractivity contribution in [2.24, 2.45) is 0 Å². The molecule has 0 aromatic heterocycles. The number of hydrogen-bond donors (Lipinski definition) is 2. The standard InChI is InChI=1S/C17H17N3O4/c1-24-14-7-5-13(6-8-14)19-17(21)11-2-9-15(18-12-3-4-12)16(10-11)20(22)23/h2,5-10,12,18H,3-4H2,1H3,(H,19,21). The quantitative estimate of drug-likeness (QED) is 0.626. The van der Waals surface area contributed by atoms with Crippen LogP contribution in [-0.2, 0) is 0 Å². The lowest BCUT2D eigenvalue weighted by molar-refractivity contribution is -0.384. The van der Waals surface area contributed by atoms with Gasteiger partial charge in [0.15, 0.2) is 0 Å². The fourth-order valence-corrected chi connectivity index (χ4v) is 2.27. The highest BCUT2D eigenvalue weighted by Crippen LogP contribution is 2.31. The van der Waals surface area contributed by atoms with Crippen LogP contribution < -0.4 is 15.4 Å². The van der Waals surface area contributed by atoms with Crippen molar-refractivity contribution in [2.75, 3.05) is 17.7 Å². The first-order valence-corrected chi connectivity index (χ1v) is 7.57. The Morgan fingerprint density at radius 1 is 1.21 bits per heavy atom. The number of benzene rings is 2. The monoisotopic (exact) mass is 327 g/mol. The molecule has 2 aromatic carbocycles. The fraction of sp³-hybridized carbons (Fsp3) is 0.235. The Morgan fingerprint density at radius 2 is 1.92 bits per heavy atom. The third-order valence-electron chi connectivity index (χ3n) is 3.74. The molecule has 0 aliphatic heterocycles. The Balaban J connectivity index is 1.78. The first-order valence-electron chi connectivity index (χ1n) is 7.57. The van der Waals surface area contributed by atoms with E-state index in [1.807, 2.05) is 0 Å². The van der Waals surface area contributed by atoms with Gasteiger partial charge in [-0.25, -0.2) is 0 Å². The van der Waals surface area contributed by atoms with Crippen molar-refractivity contribution < 1.29 is 14.5 Å². The Bertz CT molecular complexity index is 770. The van der Waals surface area contributed by atoms with E-state index in [0.29, 0.717) is 23.2 Å². The molecular weight excluding hydrogens is 310 g/mol. The van der Waals surface area contributed by atoms with Crippen LogP contribution in [0.4, 0.5) is 17.1 Å². The van der Waals surface area contributed by atoms with E-state index in [2.05, 4.69) is 10.6 Å². The van der Waals surface area contributed by atoms with Crippen LogP contribution in [0.3, 0.4) is 0 Å². The van der Waals surface area contributed by atoms with Crippen molar-refractivity contribution in [2.45, 2.75) is 18.9 Å². The highest BCUT2D eigenvalue weighted by atomic mass is 16.6. The smallest absolute Gasteiger partial charge is 0.293 e. The van der Waals surface area contributed by atoms with E-state index in [9.17, 15) is 14.9 Å². The maximum absolute atomic E-state index is 12.3. The molecular formula is C17H17N3O4. The molecule has 124 valence electrons. The van der Waals surface area contributed by atoms with E-state index < -0.39 is 10.8 Å². The van der Waals surface area contributed by atoms with Crippen molar-refractivity contribution in [3.8, 4) is 5.75 Å². The molecule has 1 aliphatic rings. The van der Waals surface area contributed by atoms with Crippen LogP contribution in [0.15, 0.2) is 42.5 Å². The van der Waals surface area contributed by atoms with Gasteiger partial charge in [0.1, 0.15) is 11.4 Å². The van der Waals surface area contributed by atoms with Gasteiger partial charge in [-0.15, -0.1) is 0 Å². The molecule has 7 heteroatoms. The minimum absolute atomic E-state index is 0.0933. The highest BCUT2D eigenvalue weighted by Gasteiger charge is 2.25. The van der Waals surface area contributed by atoms with Crippen molar-refractivity contribution in [3.63, 3.8) is 0 Å². The lowest BCUT2D eigenvalue weighted by atomic mass is 10.1. The zero-order valence-electron chi connectivity index (χ0n) is 13.1. The second-order valence-electron chi connectivity index (χ2n) is 5.59. The Labute approximate surface area is 138 Å². The predicted octanol–water partition coefficient (Wildman–Crippen LogP) is 3.43. The summed E-state index contributed by atoms with van der Waals surface area (Å²) >= 11 is 0. The van der Waals surface area contributed by atoms with Gasteiger partial charge in [-0.1, -0.05) is 0 Å². The second-order valence-corrected chi connectivity index (χ2v) is 5.59. The molecule has 1 amide bonds. The van der Waals surface area contributed by atoms with Gasteiger partial charge in [0.25, 0.3) is 11.6 Å². The number of nitrogens with one attached hydrogen (secondary N) is 2. The number of amides is 1. The number of methoxy groups -OCH3 is 1. The molecule has 0 heterocycles. The van der Waals surface area contributed by atoms with Gasteiger partial charge in [-0.3, -0.25) is 14.9 Å². The minimum Gasteiger partial charge on any atom is -0.497 e. The molecule has 1 aliphatic carbocycles. The third kappa shape index (κ3) is 3.62. The summed E-state index contributed by atoms with van der Waals surface area (Å²) in [5.41, 5.74) is 1.18. The SMILES string of the molecule is COc1ccc(NC(=O)c2ccc(NC3CC3)c([N+](=O)[O-])c2)cc1. The maximum Gasteiger partial charge on any atom is 0.293 e. The molecule has 24 heavy (non-hydrogen) atoms. The Hall–Kier alpha value is -3.09. The summed E-state index contributed by atoms with van der Waals surface area (Å²) in [7, 11) is 1.56. The van der Waals surface area contributed by atoms with Gasteiger partial charge >= 0.3 is 0 Å². The topological polar surface area (TPSA) is 93.5 Å². The zero-order valence-corrected chi connectivity index (χ0v) is 13.1. The number of rotatable bonds is 6. The second kappa shape index (κ2) is 6.57. The van der Waals surface area contributed by atoms with Gasteiger partial charge in [-0.2, -0.15) is 0 Å². The number of carbonyl (C=O) groups is 1. The van der Waals surface area contributed by atoms with E-state index >= 15 is 0 Å². The summed E-state index contributed by atoms with van der Waals surface area (Å²) in [6, 6.07) is 11.6. The summed E-state index contributed by atoms with van der Waals surface area (Å²) in [5.74, 6) is 0.278. The van der Waals surface area contributed by atoms with Gasteiger partial charge in [0, 0.05) is 23.4 Å². The number of nitro benzene ring substituents is 1. The number of hydrogen-bond acceptors (Lipinski definition) is 5. The third-order valence-corrected chi connectivity index (χ3v) is 3.74. The van der Waals surface area contributed by atoms with Crippen molar-refractivity contribution in [3.05, 3.63) is 58.1 Å². The number of nitrogens with zero attached hydrogens (tertiary/aromatic N) is 1. The number of anilines is 2. The predicted molar refractivity (Wildman–Crippen MR) is 90.7 cm³/mol. The number of carbonyl (C=O) groups excluding carboxylic acids is 1. The lowest BCUT2D eigenvalue weighted by Crippen LogP contribution is -2.13. The van der Waals surface area contributed by atoms with E-state index in [0.717, 1.165) is 12.8 Å². The van der Waals surface area contributed by atoms with Crippen molar-refractivity contribution in [1.82, 2.24) is 0 Å². The van der Waals surface area contributed by atoms with Crippen LogP contribution in [0.5, 0.6) is 5.75 Å². The summed E-state index contributed by atoms with van der Waals surface area (Å²) in [4.78, 5) is 23.1.